The van der Waals surface area contributed by atoms with E-state index < -0.39 is 5.41 Å². The molecule has 0 saturated heterocycles. The van der Waals surface area contributed by atoms with E-state index in [4.69, 9.17) is 11.6 Å². The minimum Gasteiger partial charge on any atom is -0.345 e. The lowest BCUT2D eigenvalue weighted by Gasteiger charge is -2.36. The second-order valence-corrected chi connectivity index (χ2v) is 10.7. The van der Waals surface area contributed by atoms with E-state index >= 15 is 0 Å². The summed E-state index contributed by atoms with van der Waals surface area (Å²) in [6.07, 6.45) is 0.732. The lowest BCUT2D eigenvalue weighted by molar-refractivity contribution is 0.0827. The number of benzene rings is 3. The third-order valence-corrected chi connectivity index (χ3v) is 7.00. The highest BCUT2D eigenvalue weighted by Gasteiger charge is 2.34. The largest absolute Gasteiger partial charge is 0.345 e. The molecule has 1 N–H and O–H groups in total. The van der Waals surface area contributed by atoms with E-state index in [0.29, 0.717) is 16.1 Å². The first-order valence-corrected chi connectivity index (χ1v) is 12.7. The molecule has 6 heteroatoms. The van der Waals surface area contributed by atoms with Crippen LogP contribution >= 0.6 is 11.6 Å². The maximum atomic E-state index is 12.4. The van der Waals surface area contributed by atoms with Crippen molar-refractivity contribution in [1.82, 2.24) is 10.2 Å². The van der Waals surface area contributed by atoms with Crippen LogP contribution in [0.2, 0.25) is 5.02 Å². The average molecular weight is 513 g/mol. The Morgan fingerprint density at radius 3 is 2.22 bits per heavy atom. The number of amides is 1. The van der Waals surface area contributed by atoms with Crippen molar-refractivity contribution < 1.29 is 4.79 Å². The molecule has 190 valence electrons. The first-order valence-electron chi connectivity index (χ1n) is 12.3. The number of hydrogen-bond donors (Lipinski definition) is 1. The molecule has 0 aromatic heterocycles. The van der Waals surface area contributed by atoms with Gasteiger partial charge in [0.1, 0.15) is 0 Å². The molecular weight excluding hydrogens is 480 g/mol. The maximum absolute atomic E-state index is 12.4. The van der Waals surface area contributed by atoms with Crippen LogP contribution in [-0.4, -0.2) is 30.9 Å². The number of hydrogen-bond acceptors (Lipinski definition) is 4. The molecule has 1 amide bonds. The first kappa shape index (κ1) is 27.9. The predicted molar refractivity (Wildman–Crippen MR) is 148 cm³/mol. The van der Waals surface area contributed by atoms with E-state index in [1.165, 1.54) is 0 Å². The zero-order valence-electron chi connectivity index (χ0n) is 22.0. The lowest BCUT2D eigenvalue weighted by atomic mass is 9.79. The summed E-state index contributed by atoms with van der Waals surface area (Å²) in [5, 5.41) is 23.9. The van der Waals surface area contributed by atoms with Gasteiger partial charge in [-0.25, -0.2) is 0 Å². The molecular formula is C31H33ClN4O. The third-order valence-electron chi connectivity index (χ3n) is 6.75. The second kappa shape index (κ2) is 12.1. The van der Waals surface area contributed by atoms with E-state index in [-0.39, 0.29) is 23.9 Å². The van der Waals surface area contributed by atoms with Gasteiger partial charge < -0.3 is 10.2 Å². The Hall–Kier alpha value is -3.64. The predicted octanol–water partition coefficient (Wildman–Crippen LogP) is 6.51. The highest BCUT2D eigenvalue weighted by atomic mass is 35.5. The zero-order valence-corrected chi connectivity index (χ0v) is 22.8. The van der Waals surface area contributed by atoms with Crippen LogP contribution in [0.5, 0.6) is 0 Å². The van der Waals surface area contributed by atoms with Crippen LogP contribution in [0, 0.1) is 28.1 Å². The summed E-state index contributed by atoms with van der Waals surface area (Å²) in [5.41, 5.74) is 3.61. The number of nitriles is 2. The van der Waals surface area contributed by atoms with Gasteiger partial charge in [0.2, 0.25) is 0 Å². The molecule has 3 aromatic carbocycles. The first-order chi connectivity index (χ1) is 17.6. The van der Waals surface area contributed by atoms with Crippen molar-refractivity contribution in [2.75, 3.05) is 14.1 Å². The van der Waals surface area contributed by atoms with Gasteiger partial charge in [-0.1, -0.05) is 48.0 Å². The third kappa shape index (κ3) is 6.98. The van der Waals surface area contributed by atoms with E-state index in [2.05, 4.69) is 24.4 Å². The summed E-state index contributed by atoms with van der Waals surface area (Å²) in [7, 11) is 3.45. The Morgan fingerprint density at radius 1 is 1.00 bits per heavy atom. The van der Waals surface area contributed by atoms with Gasteiger partial charge >= 0.3 is 0 Å². The van der Waals surface area contributed by atoms with Gasteiger partial charge in [-0.3, -0.25) is 4.79 Å². The smallest absolute Gasteiger partial charge is 0.253 e. The molecule has 37 heavy (non-hydrogen) atoms. The number of nitrogens with one attached hydrogen (secondary N) is 1. The molecule has 3 rings (SSSR count). The average Bonchev–Trinajstić information content (AvgIpc) is 2.90. The number of carbonyl (C=O) groups excluding carboxylic acids is 1. The van der Waals surface area contributed by atoms with Gasteiger partial charge in [0.25, 0.3) is 5.91 Å². The fourth-order valence-electron chi connectivity index (χ4n) is 4.54. The normalized spacial score (nSPS) is 13.6. The van der Waals surface area contributed by atoms with Crippen LogP contribution in [0.15, 0.2) is 72.8 Å². The maximum Gasteiger partial charge on any atom is 0.253 e. The highest BCUT2D eigenvalue weighted by molar-refractivity contribution is 6.30. The Labute approximate surface area is 225 Å². The molecule has 0 bridgehead atoms. The molecule has 0 spiro atoms. The van der Waals surface area contributed by atoms with Crippen molar-refractivity contribution in [3.63, 3.8) is 0 Å². The summed E-state index contributed by atoms with van der Waals surface area (Å²) in [6.45, 7) is 5.95. The number of rotatable bonds is 9. The van der Waals surface area contributed by atoms with Crippen LogP contribution in [0.4, 0.5) is 0 Å². The summed E-state index contributed by atoms with van der Waals surface area (Å²) in [6, 6.07) is 27.3. The van der Waals surface area contributed by atoms with E-state index in [1.54, 1.807) is 25.1 Å². The van der Waals surface area contributed by atoms with Gasteiger partial charge in [-0.15, -0.1) is 0 Å². The number of nitrogens with zero attached hydrogens (tertiary/aromatic N) is 3. The van der Waals surface area contributed by atoms with Crippen molar-refractivity contribution in [1.29, 1.82) is 10.5 Å². The molecule has 0 aliphatic carbocycles. The molecule has 0 fully saturated rings. The fourth-order valence-corrected chi connectivity index (χ4v) is 4.66. The van der Waals surface area contributed by atoms with E-state index in [0.717, 1.165) is 23.1 Å². The monoisotopic (exact) mass is 512 g/mol. The van der Waals surface area contributed by atoms with Crippen LogP contribution < -0.4 is 5.32 Å². The second-order valence-electron chi connectivity index (χ2n) is 10.2. The molecule has 0 radical (unpaired) electrons. The molecule has 0 heterocycles. The topological polar surface area (TPSA) is 79.9 Å². The molecule has 0 saturated carbocycles. The van der Waals surface area contributed by atoms with Crippen LogP contribution in [0.3, 0.4) is 0 Å². The molecule has 3 atom stereocenters. The van der Waals surface area contributed by atoms with Crippen molar-refractivity contribution in [3.8, 4) is 12.1 Å². The summed E-state index contributed by atoms with van der Waals surface area (Å²) in [5.74, 6) is -0.0366. The Balaban J connectivity index is 1.98. The molecule has 1 unspecified atom stereocenters. The Kier molecular flexibility index (Phi) is 9.11. The van der Waals surface area contributed by atoms with Crippen LogP contribution in [0.25, 0.3) is 0 Å². The summed E-state index contributed by atoms with van der Waals surface area (Å²) < 4.78 is 0. The van der Waals surface area contributed by atoms with Gasteiger partial charge in [-0.2, -0.15) is 10.5 Å². The molecule has 3 aromatic rings. The quantitative estimate of drug-likeness (QED) is 0.354. The zero-order chi connectivity index (χ0) is 27.2. The van der Waals surface area contributed by atoms with Crippen molar-refractivity contribution in [3.05, 3.63) is 106 Å². The molecule has 0 aliphatic rings. The molecule has 5 nitrogen and oxygen atoms in total. The Morgan fingerprint density at radius 2 is 1.65 bits per heavy atom. The van der Waals surface area contributed by atoms with Crippen molar-refractivity contribution in [2.24, 2.45) is 5.41 Å². The van der Waals surface area contributed by atoms with Crippen LogP contribution in [-0.2, 0) is 6.42 Å². The van der Waals surface area contributed by atoms with Gasteiger partial charge in [-0.05, 0) is 80.3 Å². The number of halogens is 1. The lowest BCUT2D eigenvalue weighted by Crippen LogP contribution is -2.42. The fraction of sp³-hybridized carbons (Fsp3) is 0.323. The summed E-state index contributed by atoms with van der Waals surface area (Å²) >= 11 is 6.12. The highest BCUT2D eigenvalue weighted by Crippen LogP contribution is 2.36. The van der Waals surface area contributed by atoms with Gasteiger partial charge in [0, 0.05) is 36.6 Å². The standard InChI is InChI=1S/C31H33ClN4O/c1-21(28(18-22-9-15-27(32)16-10-22)26-8-6-7-23(17-26)19-33)35-29(31(2,3)20-34)24-11-13-25(14-12-24)30(37)36(4)5/h6-17,21,28-29,35H,18H2,1-5H3/t21-,28+,29?/m0/s1. The minimum absolute atomic E-state index is 0.0288. The van der Waals surface area contributed by atoms with E-state index in [9.17, 15) is 15.3 Å². The van der Waals surface area contributed by atoms with Crippen LogP contribution in [0.1, 0.15) is 65.3 Å². The van der Waals surface area contributed by atoms with E-state index in [1.807, 2.05) is 80.6 Å². The number of carbonyl (C=O) groups is 1. The Bertz CT molecular complexity index is 1300. The van der Waals surface area contributed by atoms with Gasteiger partial charge in [0.15, 0.2) is 0 Å². The summed E-state index contributed by atoms with van der Waals surface area (Å²) in [4.78, 5) is 13.9. The van der Waals surface area contributed by atoms with Crippen molar-refractivity contribution >= 4 is 17.5 Å². The van der Waals surface area contributed by atoms with Crippen molar-refractivity contribution in [2.45, 2.75) is 45.2 Å². The van der Waals surface area contributed by atoms with Gasteiger partial charge in [0.05, 0.1) is 29.2 Å². The molecule has 0 aliphatic heterocycles. The minimum atomic E-state index is -0.722. The SMILES string of the molecule is C[C@H](NC(c1ccc(C(=O)N(C)C)cc1)C(C)(C)C#N)[C@@H](Cc1ccc(Cl)cc1)c1cccc(C#N)c1.